The van der Waals surface area contributed by atoms with Gasteiger partial charge in [-0.3, -0.25) is 4.79 Å². The zero-order valence-electron chi connectivity index (χ0n) is 24.9. The summed E-state index contributed by atoms with van der Waals surface area (Å²) in [6, 6.07) is 6.13. The van der Waals surface area contributed by atoms with E-state index >= 15 is 0 Å². The van der Waals surface area contributed by atoms with Crippen LogP contribution in [0.5, 0.6) is 5.75 Å². The van der Waals surface area contributed by atoms with E-state index in [-0.39, 0.29) is 42.0 Å². The fourth-order valence-corrected chi connectivity index (χ4v) is 5.69. The van der Waals surface area contributed by atoms with E-state index in [2.05, 4.69) is 26.1 Å². The van der Waals surface area contributed by atoms with Crippen molar-refractivity contribution in [3.05, 3.63) is 29.3 Å². The number of aryl methyl sites for hydroxylation is 1. The van der Waals surface area contributed by atoms with Crippen molar-refractivity contribution >= 4 is 12.0 Å². The fraction of sp³-hybridized carbons (Fsp3) is 0.742. The highest BCUT2D eigenvalue weighted by atomic mass is 16.6. The van der Waals surface area contributed by atoms with Crippen LogP contribution in [0.25, 0.3) is 0 Å². The van der Waals surface area contributed by atoms with Gasteiger partial charge in [0.2, 0.25) is 0 Å². The van der Waals surface area contributed by atoms with Gasteiger partial charge in [-0.15, -0.1) is 0 Å². The van der Waals surface area contributed by atoms with Gasteiger partial charge in [-0.2, -0.15) is 0 Å². The highest BCUT2D eigenvalue weighted by Gasteiger charge is 2.40. The molecule has 0 aromatic heterocycles. The Morgan fingerprint density at radius 3 is 2.52 bits per heavy atom. The molecule has 3 aliphatic rings. The van der Waals surface area contributed by atoms with Crippen molar-refractivity contribution in [2.75, 3.05) is 59.7 Å². The molecule has 1 aromatic carbocycles. The molecule has 0 bridgehead atoms. The van der Waals surface area contributed by atoms with Crippen LogP contribution < -0.4 is 10.1 Å². The van der Waals surface area contributed by atoms with Crippen LogP contribution in [0, 0.1) is 11.8 Å². The van der Waals surface area contributed by atoms with Crippen molar-refractivity contribution in [1.29, 1.82) is 0 Å². The lowest BCUT2D eigenvalue weighted by molar-refractivity contribution is -0.0292. The van der Waals surface area contributed by atoms with Gasteiger partial charge < -0.3 is 34.1 Å². The summed E-state index contributed by atoms with van der Waals surface area (Å²) < 4.78 is 22.5. The summed E-state index contributed by atoms with van der Waals surface area (Å²) >= 11 is 0. The van der Waals surface area contributed by atoms with Gasteiger partial charge >= 0.3 is 6.09 Å². The molecule has 9 nitrogen and oxygen atoms in total. The van der Waals surface area contributed by atoms with Gasteiger partial charge in [-0.05, 0) is 75.5 Å². The zero-order valence-corrected chi connectivity index (χ0v) is 24.9. The van der Waals surface area contributed by atoms with E-state index in [9.17, 15) is 9.59 Å². The molecule has 3 atom stereocenters. The molecule has 0 unspecified atom stereocenters. The van der Waals surface area contributed by atoms with Crippen LogP contribution in [0.1, 0.15) is 68.8 Å². The molecule has 2 aliphatic heterocycles. The lowest BCUT2D eigenvalue weighted by Crippen LogP contribution is -2.45. The Morgan fingerprint density at radius 1 is 1.10 bits per heavy atom. The summed E-state index contributed by atoms with van der Waals surface area (Å²) in [5, 5.41) is 3.52. The Bertz CT molecular complexity index is 962. The molecule has 224 valence electrons. The number of amides is 2. The average molecular weight is 560 g/mol. The smallest absolute Gasteiger partial charge is 0.410 e. The number of rotatable bonds is 14. The molecule has 1 saturated carbocycles. The Kier molecular flexibility index (Phi) is 11.5. The number of ether oxygens (including phenoxy) is 4. The first kappa shape index (κ1) is 30.6. The predicted octanol–water partition coefficient (Wildman–Crippen LogP) is 4.13. The van der Waals surface area contributed by atoms with E-state index < -0.39 is 0 Å². The Morgan fingerprint density at radius 2 is 1.88 bits per heavy atom. The lowest BCUT2D eigenvalue weighted by atomic mass is 9.94. The number of nitrogens with zero attached hydrogens (tertiary/aromatic N) is 2. The highest BCUT2D eigenvalue weighted by molar-refractivity contribution is 5.95. The second-order valence-electron chi connectivity index (χ2n) is 11.7. The number of benzene rings is 1. The molecule has 0 spiro atoms. The molecule has 40 heavy (non-hydrogen) atoms. The summed E-state index contributed by atoms with van der Waals surface area (Å²) in [4.78, 5) is 30.9. The van der Waals surface area contributed by atoms with Gasteiger partial charge in [0, 0.05) is 70.6 Å². The third kappa shape index (κ3) is 8.33. The highest BCUT2D eigenvalue weighted by Crippen LogP contribution is 2.32. The fourth-order valence-electron chi connectivity index (χ4n) is 5.69. The van der Waals surface area contributed by atoms with Crippen LogP contribution in [0.15, 0.2) is 18.2 Å². The van der Waals surface area contributed by atoms with Crippen molar-refractivity contribution in [2.45, 2.75) is 77.5 Å². The first-order valence-corrected chi connectivity index (χ1v) is 15.2. The minimum Gasteiger partial charge on any atom is -0.493 e. The molecule has 9 heteroatoms. The van der Waals surface area contributed by atoms with Gasteiger partial charge in [-0.1, -0.05) is 13.0 Å². The average Bonchev–Trinajstić information content (AvgIpc) is 3.71. The minimum atomic E-state index is -0.213. The van der Waals surface area contributed by atoms with Crippen LogP contribution in [0.4, 0.5) is 4.79 Å². The third-order valence-electron chi connectivity index (χ3n) is 8.28. The standard InChI is InChI=1S/C31H49N3O6/c1-5-23-9-10-24(16-29(23)39-15-7-13-37-4)30(35)33(22(2)3)19-25-17-32-18-26(25)20-34(27-11-12-27)31(36)40-28-8-6-14-38-21-28/h9-10,16,22,25-28,32H,5-8,11-15,17-21H2,1-4H3/t25-,26-,28+/m0/s1. The van der Waals surface area contributed by atoms with Gasteiger partial charge in [0.05, 0.1) is 13.2 Å². The van der Waals surface area contributed by atoms with Crippen LogP contribution >= 0.6 is 0 Å². The maximum atomic E-state index is 13.8. The predicted molar refractivity (Wildman–Crippen MR) is 154 cm³/mol. The summed E-state index contributed by atoms with van der Waals surface area (Å²) in [5.74, 6) is 1.29. The molecule has 1 N–H and O–H groups in total. The first-order valence-electron chi connectivity index (χ1n) is 15.2. The van der Waals surface area contributed by atoms with Crippen LogP contribution in [-0.4, -0.2) is 99.7 Å². The monoisotopic (exact) mass is 559 g/mol. The number of carbonyl (C=O) groups is 2. The number of carbonyl (C=O) groups excluding carboxylic acids is 2. The maximum absolute atomic E-state index is 13.8. The number of hydrogen-bond acceptors (Lipinski definition) is 7. The largest absolute Gasteiger partial charge is 0.493 e. The van der Waals surface area contributed by atoms with Crippen LogP contribution in [-0.2, 0) is 20.6 Å². The Balaban J connectivity index is 1.40. The molecule has 3 fully saturated rings. The van der Waals surface area contributed by atoms with E-state index in [4.69, 9.17) is 18.9 Å². The molecule has 2 heterocycles. The Labute approximate surface area is 239 Å². The molecule has 2 saturated heterocycles. The van der Waals surface area contributed by atoms with E-state index in [0.29, 0.717) is 38.5 Å². The summed E-state index contributed by atoms with van der Waals surface area (Å²) in [6.45, 7) is 11.6. The normalized spacial score (nSPS) is 22.8. The van der Waals surface area contributed by atoms with Gasteiger partial charge in [-0.25, -0.2) is 4.79 Å². The molecular formula is C31H49N3O6. The van der Waals surface area contributed by atoms with Gasteiger partial charge in [0.25, 0.3) is 5.91 Å². The molecule has 2 amide bonds. The van der Waals surface area contributed by atoms with Crippen molar-refractivity contribution in [2.24, 2.45) is 11.8 Å². The summed E-state index contributed by atoms with van der Waals surface area (Å²) in [5.41, 5.74) is 1.74. The maximum Gasteiger partial charge on any atom is 0.410 e. The number of nitrogens with one attached hydrogen (secondary N) is 1. The second-order valence-corrected chi connectivity index (χ2v) is 11.7. The number of hydrogen-bond donors (Lipinski definition) is 1. The van der Waals surface area contributed by atoms with Gasteiger partial charge in [0.1, 0.15) is 11.9 Å². The van der Waals surface area contributed by atoms with Crippen molar-refractivity contribution < 1.29 is 28.5 Å². The van der Waals surface area contributed by atoms with E-state index in [0.717, 1.165) is 69.5 Å². The minimum absolute atomic E-state index is 0.0146. The lowest BCUT2D eigenvalue weighted by Gasteiger charge is -2.34. The zero-order chi connectivity index (χ0) is 28.5. The topological polar surface area (TPSA) is 89.6 Å². The van der Waals surface area contributed by atoms with E-state index in [1.807, 2.05) is 28.0 Å². The molecular weight excluding hydrogens is 510 g/mol. The SMILES string of the molecule is CCc1ccc(C(=O)N(C[C@@H]2CNC[C@H]2CN(C(=O)O[C@@H]2CCCOC2)C2CC2)C(C)C)cc1OCCCOC. The van der Waals surface area contributed by atoms with E-state index in [1.165, 1.54) is 0 Å². The molecule has 1 aromatic rings. The van der Waals surface area contributed by atoms with Gasteiger partial charge in [0.15, 0.2) is 0 Å². The summed E-state index contributed by atoms with van der Waals surface area (Å²) in [6.07, 6.45) is 5.12. The second kappa shape index (κ2) is 15.0. The van der Waals surface area contributed by atoms with Crippen molar-refractivity contribution in [3.8, 4) is 5.75 Å². The summed E-state index contributed by atoms with van der Waals surface area (Å²) in [7, 11) is 1.68. The van der Waals surface area contributed by atoms with Crippen LogP contribution in [0.2, 0.25) is 0 Å². The quantitative estimate of drug-likeness (QED) is 0.343. The molecule has 0 radical (unpaired) electrons. The number of methoxy groups -OCH3 is 1. The molecule has 4 rings (SSSR count). The van der Waals surface area contributed by atoms with Crippen LogP contribution in [0.3, 0.4) is 0 Å². The molecule has 1 aliphatic carbocycles. The van der Waals surface area contributed by atoms with E-state index in [1.54, 1.807) is 7.11 Å². The Hall–Kier alpha value is -2.36. The third-order valence-corrected chi connectivity index (χ3v) is 8.28. The first-order chi connectivity index (χ1) is 19.4. The van der Waals surface area contributed by atoms with Crippen molar-refractivity contribution in [3.63, 3.8) is 0 Å². The van der Waals surface area contributed by atoms with Crippen molar-refractivity contribution in [1.82, 2.24) is 15.1 Å².